The van der Waals surface area contributed by atoms with E-state index in [4.69, 9.17) is 23.2 Å². The third kappa shape index (κ3) is 3.89. The molecule has 0 heterocycles. The van der Waals surface area contributed by atoms with Crippen molar-refractivity contribution in [1.29, 1.82) is 0 Å². The van der Waals surface area contributed by atoms with Crippen LogP contribution < -0.4 is 5.32 Å². The molecule has 2 rings (SSSR count). The highest BCUT2D eigenvalue weighted by Gasteiger charge is 2.10. The van der Waals surface area contributed by atoms with Gasteiger partial charge in [-0.25, -0.2) is 4.79 Å². The second-order valence-corrected chi connectivity index (χ2v) is 5.23. The van der Waals surface area contributed by atoms with Gasteiger partial charge in [-0.15, -0.1) is 0 Å². The molecule has 0 bridgehead atoms. The number of hydrogen-bond donors (Lipinski definition) is 1. The predicted molar refractivity (Wildman–Crippen MR) is 83.4 cm³/mol. The number of nitrogens with one attached hydrogen (secondary N) is 1. The number of anilines is 1. The summed E-state index contributed by atoms with van der Waals surface area (Å²) in [6.45, 7) is 0.444. The van der Waals surface area contributed by atoms with Gasteiger partial charge in [0.15, 0.2) is 0 Å². The third-order valence-corrected chi connectivity index (χ3v) is 3.43. The summed E-state index contributed by atoms with van der Waals surface area (Å²) in [6, 6.07) is 14.2. The fourth-order valence-electron chi connectivity index (χ4n) is 1.71. The lowest BCUT2D eigenvalue weighted by molar-refractivity contribution is 0.220. The fourth-order valence-corrected chi connectivity index (χ4v) is 2.03. The first-order chi connectivity index (χ1) is 9.56. The summed E-state index contributed by atoms with van der Waals surface area (Å²) in [4.78, 5) is 13.6. The number of benzene rings is 2. The number of rotatable bonds is 3. The van der Waals surface area contributed by atoms with Crippen LogP contribution in [0.5, 0.6) is 0 Å². The topological polar surface area (TPSA) is 32.3 Å². The van der Waals surface area contributed by atoms with E-state index >= 15 is 0 Å². The monoisotopic (exact) mass is 308 g/mol. The van der Waals surface area contributed by atoms with E-state index in [1.807, 2.05) is 24.3 Å². The van der Waals surface area contributed by atoms with Crippen molar-refractivity contribution in [1.82, 2.24) is 4.90 Å². The Hall–Kier alpha value is -1.71. The number of hydrogen-bond acceptors (Lipinski definition) is 1. The largest absolute Gasteiger partial charge is 0.323 e. The maximum absolute atomic E-state index is 12.1. The van der Waals surface area contributed by atoms with Gasteiger partial charge in [-0.3, -0.25) is 0 Å². The van der Waals surface area contributed by atoms with Crippen molar-refractivity contribution < 1.29 is 4.79 Å². The first-order valence-corrected chi connectivity index (χ1v) is 6.83. The van der Waals surface area contributed by atoms with Gasteiger partial charge in [0.1, 0.15) is 0 Å². The molecular weight excluding hydrogens is 295 g/mol. The highest BCUT2D eigenvalue weighted by Crippen LogP contribution is 2.17. The molecule has 0 radical (unpaired) electrons. The maximum Gasteiger partial charge on any atom is 0.321 e. The Morgan fingerprint density at radius 1 is 1.10 bits per heavy atom. The third-order valence-electron chi connectivity index (χ3n) is 2.81. The number of carbonyl (C=O) groups excluding carboxylic acids is 1. The molecule has 0 saturated carbocycles. The Bertz CT molecular complexity index is 599. The van der Waals surface area contributed by atoms with Crippen LogP contribution in [0.3, 0.4) is 0 Å². The lowest BCUT2D eigenvalue weighted by Gasteiger charge is -2.18. The number of amides is 2. The Kier molecular flexibility index (Phi) is 4.88. The summed E-state index contributed by atoms with van der Waals surface area (Å²) in [6.07, 6.45) is 0. The van der Waals surface area contributed by atoms with Crippen LogP contribution >= 0.6 is 23.2 Å². The smallest absolute Gasteiger partial charge is 0.321 e. The van der Waals surface area contributed by atoms with Gasteiger partial charge in [0.05, 0.1) is 0 Å². The van der Waals surface area contributed by atoms with Crippen LogP contribution in [0.25, 0.3) is 0 Å². The molecule has 0 spiro atoms. The standard InChI is InChI=1S/C15H14Cl2N2O/c1-19(10-11-4-2-3-5-14(11)17)15(20)18-13-8-6-12(16)7-9-13/h2-9H,10H2,1H3,(H,18,20). The first-order valence-electron chi connectivity index (χ1n) is 6.07. The lowest BCUT2D eigenvalue weighted by Crippen LogP contribution is -2.30. The molecule has 3 nitrogen and oxygen atoms in total. The minimum Gasteiger partial charge on any atom is -0.323 e. The normalized spacial score (nSPS) is 10.2. The molecule has 0 aromatic heterocycles. The molecule has 104 valence electrons. The van der Waals surface area contributed by atoms with Crippen LogP contribution in [0.2, 0.25) is 10.0 Å². The van der Waals surface area contributed by atoms with Crippen molar-refractivity contribution in [3.05, 3.63) is 64.1 Å². The predicted octanol–water partition coefficient (Wildman–Crippen LogP) is 4.66. The average molecular weight is 309 g/mol. The highest BCUT2D eigenvalue weighted by atomic mass is 35.5. The van der Waals surface area contributed by atoms with E-state index in [0.717, 1.165) is 5.56 Å². The Morgan fingerprint density at radius 2 is 1.75 bits per heavy atom. The van der Waals surface area contributed by atoms with Crippen LogP contribution in [0.15, 0.2) is 48.5 Å². The van der Waals surface area contributed by atoms with Gasteiger partial charge in [0.25, 0.3) is 0 Å². The molecule has 0 aliphatic rings. The molecule has 5 heteroatoms. The zero-order valence-electron chi connectivity index (χ0n) is 10.9. The minimum atomic E-state index is -0.202. The second-order valence-electron chi connectivity index (χ2n) is 4.38. The van der Waals surface area contributed by atoms with Gasteiger partial charge in [-0.1, -0.05) is 41.4 Å². The summed E-state index contributed by atoms with van der Waals surface area (Å²) in [7, 11) is 1.72. The number of urea groups is 1. The molecule has 0 atom stereocenters. The second kappa shape index (κ2) is 6.64. The van der Waals surface area contributed by atoms with Gasteiger partial charge < -0.3 is 10.2 Å². The number of carbonyl (C=O) groups is 1. The van der Waals surface area contributed by atoms with Crippen LogP contribution in [0.4, 0.5) is 10.5 Å². The molecular formula is C15H14Cl2N2O. The molecule has 0 fully saturated rings. The summed E-state index contributed by atoms with van der Waals surface area (Å²) in [5, 5.41) is 4.08. The van der Waals surface area contributed by atoms with Crippen molar-refractivity contribution in [2.75, 3.05) is 12.4 Å². The van der Waals surface area contributed by atoms with Crippen LogP contribution in [0, 0.1) is 0 Å². The molecule has 0 saturated heterocycles. The molecule has 0 aliphatic heterocycles. The average Bonchev–Trinajstić information content (AvgIpc) is 2.44. The van der Waals surface area contributed by atoms with E-state index in [1.165, 1.54) is 0 Å². The molecule has 0 aliphatic carbocycles. The fraction of sp³-hybridized carbons (Fsp3) is 0.133. The number of nitrogens with zero attached hydrogens (tertiary/aromatic N) is 1. The van der Waals surface area contributed by atoms with Crippen molar-refractivity contribution in [3.8, 4) is 0 Å². The summed E-state index contributed by atoms with van der Waals surface area (Å²) in [5.74, 6) is 0. The van der Waals surface area contributed by atoms with Crippen LogP contribution in [0.1, 0.15) is 5.56 Å². The zero-order valence-corrected chi connectivity index (χ0v) is 12.4. The number of halogens is 2. The molecule has 2 aromatic carbocycles. The summed E-state index contributed by atoms with van der Waals surface area (Å²) >= 11 is 11.9. The molecule has 2 amide bonds. The van der Waals surface area contributed by atoms with Gasteiger partial charge in [-0.05, 0) is 35.9 Å². The Labute approximate surface area is 128 Å². The first kappa shape index (κ1) is 14.7. The SMILES string of the molecule is CN(Cc1ccccc1Cl)C(=O)Nc1ccc(Cl)cc1. The van der Waals surface area contributed by atoms with Crippen molar-refractivity contribution in [2.24, 2.45) is 0 Å². The van der Waals surface area contributed by atoms with E-state index in [9.17, 15) is 4.79 Å². The lowest BCUT2D eigenvalue weighted by atomic mass is 10.2. The van der Waals surface area contributed by atoms with Crippen LogP contribution in [-0.2, 0) is 6.54 Å². The van der Waals surface area contributed by atoms with E-state index in [1.54, 1.807) is 36.2 Å². The van der Waals surface area contributed by atoms with Crippen molar-refractivity contribution in [2.45, 2.75) is 6.54 Å². The summed E-state index contributed by atoms with van der Waals surface area (Å²) in [5.41, 5.74) is 1.60. The Morgan fingerprint density at radius 3 is 2.40 bits per heavy atom. The molecule has 0 unspecified atom stereocenters. The van der Waals surface area contributed by atoms with Crippen molar-refractivity contribution >= 4 is 34.9 Å². The van der Waals surface area contributed by atoms with E-state index in [0.29, 0.717) is 22.3 Å². The highest BCUT2D eigenvalue weighted by molar-refractivity contribution is 6.31. The Balaban J connectivity index is 1.99. The zero-order chi connectivity index (χ0) is 14.5. The van der Waals surface area contributed by atoms with E-state index in [2.05, 4.69) is 5.32 Å². The van der Waals surface area contributed by atoms with Crippen LogP contribution in [-0.4, -0.2) is 18.0 Å². The van der Waals surface area contributed by atoms with E-state index < -0.39 is 0 Å². The molecule has 2 aromatic rings. The molecule has 1 N–H and O–H groups in total. The maximum atomic E-state index is 12.1. The van der Waals surface area contributed by atoms with Gasteiger partial charge >= 0.3 is 6.03 Å². The van der Waals surface area contributed by atoms with Gasteiger partial charge in [-0.2, -0.15) is 0 Å². The van der Waals surface area contributed by atoms with Gasteiger partial charge in [0.2, 0.25) is 0 Å². The van der Waals surface area contributed by atoms with E-state index in [-0.39, 0.29) is 6.03 Å². The molecule has 20 heavy (non-hydrogen) atoms. The van der Waals surface area contributed by atoms with Gasteiger partial charge in [0, 0.05) is 29.3 Å². The summed E-state index contributed by atoms with van der Waals surface area (Å²) < 4.78 is 0. The quantitative estimate of drug-likeness (QED) is 0.879. The van der Waals surface area contributed by atoms with Crippen molar-refractivity contribution in [3.63, 3.8) is 0 Å². The minimum absolute atomic E-state index is 0.202.